The number of hydrogen-bond acceptors (Lipinski definition) is 6. The van der Waals surface area contributed by atoms with E-state index in [1.807, 2.05) is 5.38 Å². The molecule has 0 atom stereocenters. The van der Waals surface area contributed by atoms with E-state index >= 15 is 0 Å². The Balaban J connectivity index is 1.72. The van der Waals surface area contributed by atoms with Crippen molar-refractivity contribution in [2.45, 2.75) is 13.5 Å². The van der Waals surface area contributed by atoms with Crippen molar-refractivity contribution in [1.82, 2.24) is 25.2 Å². The van der Waals surface area contributed by atoms with Gasteiger partial charge in [0.25, 0.3) is 0 Å². The zero-order chi connectivity index (χ0) is 15.5. The molecular formula is C13H11FN6OS. The summed E-state index contributed by atoms with van der Waals surface area (Å²) in [6, 6.07) is 5.87. The third-order valence-electron chi connectivity index (χ3n) is 2.69. The number of aromatic nitrogens is 5. The maximum Gasteiger partial charge on any atom is 0.223 e. The van der Waals surface area contributed by atoms with Gasteiger partial charge in [0.1, 0.15) is 12.4 Å². The minimum atomic E-state index is -0.316. The van der Waals surface area contributed by atoms with Crippen LogP contribution in [0.3, 0.4) is 0 Å². The number of rotatable bonds is 4. The summed E-state index contributed by atoms with van der Waals surface area (Å²) < 4.78 is 12.9. The third-order valence-corrected chi connectivity index (χ3v) is 3.50. The smallest absolute Gasteiger partial charge is 0.223 e. The van der Waals surface area contributed by atoms with Gasteiger partial charge in [0.05, 0.1) is 5.69 Å². The Kier molecular flexibility index (Phi) is 3.88. The highest BCUT2D eigenvalue weighted by Gasteiger charge is 2.09. The minimum Gasteiger partial charge on any atom is -0.302 e. The maximum atomic E-state index is 12.9. The standard InChI is InChI=1S/C13H11FN6OS/c1-8(21)15-13-16-11(7-22-13)6-20-18-12(17-19-20)9-2-4-10(14)5-3-9/h2-5,7H,6H2,1H3,(H,15,16,21). The number of halogens is 1. The highest BCUT2D eigenvalue weighted by molar-refractivity contribution is 7.13. The molecule has 0 aliphatic heterocycles. The van der Waals surface area contributed by atoms with Gasteiger partial charge in [-0.25, -0.2) is 9.37 Å². The number of nitrogens with one attached hydrogen (secondary N) is 1. The van der Waals surface area contributed by atoms with Crippen molar-refractivity contribution in [3.8, 4) is 11.4 Å². The van der Waals surface area contributed by atoms with Gasteiger partial charge in [0.15, 0.2) is 5.13 Å². The van der Waals surface area contributed by atoms with Crippen molar-refractivity contribution in [3.05, 3.63) is 41.2 Å². The van der Waals surface area contributed by atoms with Crippen molar-refractivity contribution in [2.24, 2.45) is 0 Å². The van der Waals surface area contributed by atoms with E-state index in [9.17, 15) is 9.18 Å². The Bertz CT molecular complexity index is 797. The van der Waals surface area contributed by atoms with Crippen molar-refractivity contribution >= 4 is 22.4 Å². The number of anilines is 1. The van der Waals surface area contributed by atoms with E-state index in [0.29, 0.717) is 23.1 Å². The molecule has 0 aliphatic carbocycles. The molecule has 22 heavy (non-hydrogen) atoms. The lowest BCUT2D eigenvalue weighted by molar-refractivity contribution is -0.114. The first-order valence-electron chi connectivity index (χ1n) is 6.36. The molecule has 1 amide bonds. The largest absolute Gasteiger partial charge is 0.302 e. The molecule has 0 fully saturated rings. The van der Waals surface area contributed by atoms with Crippen LogP contribution in [0, 0.1) is 5.82 Å². The average Bonchev–Trinajstić information content (AvgIpc) is 3.09. The Morgan fingerprint density at radius 2 is 2.14 bits per heavy atom. The molecule has 0 aliphatic rings. The van der Waals surface area contributed by atoms with Gasteiger partial charge < -0.3 is 5.32 Å². The van der Waals surface area contributed by atoms with Crippen LogP contribution < -0.4 is 5.32 Å². The molecule has 0 saturated heterocycles. The monoisotopic (exact) mass is 318 g/mol. The summed E-state index contributed by atoms with van der Waals surface area (Å²) in [5.41, 5.74) is 1.40. The summed E-state index contributed by atoms with van der Waals surface area (Å²) in [7, 11) is 0. The topological polar surface area (TPSA) is 85.6 Å². The van der Waals surface area contributed by atoms with E-state index in [-0.39, 0.29) is 11.7 Å². The summed E-state index contributed by atoms with van der Waals surface area (Å²) in [6.45, 7) is 1.76. The van der Waals surface area contributed by atoms with E-state index in [0.717, 1.165) is 5.69 Å². The fraction of sp³-hybridized carbons (Fsp3) is 0.154. The first-order chi connectivity index (χ1) is 10.6. The summed E-state index contributed by atoms with van der Waals surface area (Å²) in [5.74, 6) is -0.0696. The lowest BCUT2D eigenvalue weighted by Gasteiger charge is -1.95. The van der Waals surface area contributed by atoms with Crippen LogP contribution in [0.4, 0.5) is 9.52 Å². The van der Waals surface area contributed by atoms with Gasteiger partial charge in [0, 0.05) is 17.9 Å². The summed E-state index contributed by atoms with van der Waals surface area (Å²) in [6.07, 6.45) is 0. The Hall–Kier alpha value is -2.68. The zero-order valence-corrected chi connectivity index (χ0v) is 12.3. The van der Waals surface area contributed by atoms with Crippen LogP contribution in [0.2, 0.25) is 0 Å². The van der Waals surface area contributed by atoms with Crippen LogP contribution in [0.1, 0.15) is 12.6 Å². The predicted octanol–water partition coefficient (Wildman–Crippen LogP) is 1.94. The zero-order valence-electron chi connectivity index (χ0n) is 11.5. The van der Waals surface area contributed by atoms with Gasteiger partial charge in [-0.3, -0.25) is 4.79 Å². The second-order valence-corrected chi connectivity index (χ2v) is 5.33. The van der Waals surface area contributed by atoms with Gasteiger partial charge in [-0.05, 0) is 29.5 Å². The lowest BCUT2D eigenvalue weighted by atomic mass is 10.2. The van der Waals surface area contributed by atoms with Crippen molar-refractivity contribution in [2.75, 3.05) is 5.32 Å². The highest BCUT2D eigenvalue weighted by Crippen LogP contribution is 2.17. The van der Waals surface area contributed by atoms with Crippen LogP contribution in [-0.4, -0.2) is 31.1 Å². The highest BCUT2D eigenvalue weighted by atomic mass is 32.1. The van der Waals surface area contributed by atoms with E-state index in [2.05, 4.69) is 25.7 Å². The molecule has 1 N–H and O–H groups in total. The molecule has 112 valence electrons. The minimum absolute atomic E-state index is 0.168. The molecule has 2 aromatic heterocycles. The molecule has 3 rings (SSSR count). The molecule has 3 aromatic rings. The van der Waals surface area contributed by atoms with Gasteiger partial charge in [-0.1, -0.05) is 0 Å². The maximum absolute atomic E-state index is 12.9. The summed E-state index contributed by atoms with van der Waals surface area (Å²) in [4.78, 5) is 16.6. The van der Waals surface area contributed by atoms with Gasteiger partial charge in [0.2, 0.25) is 11.7 Å². The van der Waals surface area contributed by atoms with Crippen LogP contribution >= 0.6 is 11.3 Å². The fourth-order valence-electron chi connectivity index (χ4n) is 1.76. The molecule has 0 bridgehead atoms. The van der Waals surface area contributed by atoms with Crippen LogP contribution in [-0.2, 0) is 11.3 Å². The third kappa shape index (κ3) is 3.31. The molecule has 1 aromatic carbocycles. The molecule has 2 heterocycles. The normalized spacial score (nSPS) is 10.6. The second-order valence-electron chi connectivity index (χ2n) is 4.48. The number of thiazole rings is 1. The number of nitrogens with zero attached hydrogens (tertiary/aromatic N) is 5. The number of hydrogen-bond donors (Lipinski definition) is 1. The Labute approximate surface area is 128 Å². The van der Waals surface area contributed by atoms with E-state index in [1.165, 1.54) is 35.2 Å². The number of benzene rings is 1. The number of carbonyl (C=O) groups excluding carboxylic acids is 1. The lowest BCUT2D eigenvalue weighted by Crippen LogP contribution is -2.07. The van der Waals surface area contributed by atoms with Crippen LogP contribution in [0.25, 0.3) is 11.4 Å². The first kappa shape index (κ1) is 14.3. The summed E-state index contributed by atoms with van der Waals surface area (Å²) >= 11 is 1.33. The number of carbonyl (C=O) groups is 1. The molecule has 0 radical (unpaired) electrons. The van der Waals surface area contributed by atoms with Crippen LogP contribution in [0.15, 0.2) is 29.6 Å². The number of amides is 1. The van der Waals surface area contributed by atoms with E-state index in [4.69, 9.17) is 0 Å². The molecule has 0 spiro atoms. The van der Waals surface area contributed by atoms with Crippen molar-refractivity contribution < 1.29 is 9.18 Å². The molecular weight excluding hydrogens is 307 g/mol. The molecule has 7 nitrogen and oxygen atoms in total. The van der Waals surface area contributed by atoms with Gasteiger partial charge in [-0.2, -0.15) is 4.80 Å². The van der Waals surface area contributed by atoms with E-state index in [1.54, 1.807) is 12.1 Å². The van der Waals surface area contributed by atoms with Gasteiger partial charge >= 0.3 is 0 Å². The SMILES string of the molecule is CC(=O)Nc1nc(Cn2nnc(-c3ccc(F)cc3)n2)cs1. The molecule has 9 heteroatoms. The van der Waals surface area contributed by atoms with E-state index < -0.39 is 0 Å². The van der Waals surface area contributed by atoms with Crippen molar-refractivity contribution in [1.29, 1.82) is 0 Å². The van der Waals surface area contributed by atoms with Crippen molar-refractivity contribution in [3.63, 3.8) is 0 Å². The molecule has 0 saturated carbocycles. The average molecular weight is 318 g/mol. The predicted molar refractivity (Wildman–Crippen MR) is 78.7 cm³/mol. The Morgan fingerprint density at radius 3 is 2.86 bits per heavy atom. The first-order valence-corrected chi connectivity index (χ1v) is 7.24. The quantitative estimate of drug-likeness (QED) is 0.794. The second kappa shape index (κ2) is 5.98. The number of tetrazole rings is 1. The van der Waals surface area contributed by atoms with Crippen LogP contribution in [0.5, 0.6) is 0 Å². The fourth-order valence-corrected chi connectivity index (χ4v) is 2.50. The molecule has 0 unspecified atom stereocenters. The van der Waals surface area contributed by atoms with Gasteiger partial charge in [-0.15, -0.1) is 21.5 Å². The summed E-state index contributed by atoms with van der Waals surface area (Å²) in [5, 5.41) is 17.1. The Morgan fingerprint density at radius 1 is 1.36 bits per heavy atom.